The van der Waals surface area contributed by atoms with Gasteiger partial charge < -0.3 is 4.74 Å². The maximum atomic E-state index is 12.0. The first-order chi connectivity index (χ1) is 11.7. The van der Waals surface area contributed by atoms with Gasteiger partial charge in [-0.15, -0.1) is 0 Å². The Hall–Kier alpha value is -2.91. The highest BCUT2D eigenvalue weighted by molar-refractivity contribution is 6.30. The summed E-state index contributed by atoms with van der Waals surface area (Å²) in [6.45, 7) is 0. The molecule has 4 heteroatoms. The zero-order valence-corrected chi connectivity index (χ0v) is 13.5. The molecule has 3 aromatic rings. The molecule has 0 saturated heterocycles. The van der Waals surface area contributed by atoms with E-state index in [1.54, 1.807) is 42.6 Å². The Morgan fingerprint density at radius 3 is 2.33 bits per heavy atom. The Morgan fingerprint density at radius 1 is 0.917 bits per heavy atom. The van der Waals surface area contributed by atoms with Crippen molar-refractivity contribution in [3.05, 3.63) is 94.8 Å². The SMILES string of the molecule is O=C(Oc1ccc(/C=C/c2ccccn2)cc1)c1ccc(Cl)cc1. The van der Waals surface area contributed by atoms with Crippen LogP contribution >= 0.6 is 11.6 Å². The highest BCUT2D eigenvalue weighted by Crippen LogP contribution is 2.17. The molecule has 3 nitrogen and oxygen atoms in total. The van der Waals surface area contributed by atoms with Crippen LogP contribution in [0, 0.1) is 0 Å². The molecule has 0 unspecified atom stereocenters. The predicted molar refractivity (Wildman–Crippen MR) is 96.0 cm³/mol. The molecule has 1 aromatic heterocycles. The molecule has 24 heavy (non-hydrogen) atoms. The van der Waals surface area contributed by atoms with E-state index in [1.165, 1.54) is 0 Å². The largest absolute Gasteiger partial charge is 0.423 e. The molecule has 0 aliphatic heterocycles. The number of rotatable bonds is 4. The first kappa shape index (κ1) is 16.0. The zero-order valence-electron chi connectivity index (χ0n) is 12.7. The number of aromatic nitrogens is 1. The number of hydrogen-bond donors (Lipinski definition) is 0. The number of pyridine rings is 1. The molecule has 0 radical (unpaired) electrons. The maximum Gasteiger partial charge on any atom is 0.343 e. The van der Waals surface area contributed by atoms with Gasteiger partial charge in [-0.2, -0.15) is 0 Å². The van der Waals surface area contributed by atoms with Crippen LogP contribution in [0.5, 0.6) is 5.75 Å². The summed E-state index contributed by atoms with van der Waals surface area (Å²) in [6.07, 6.45) is 5.63. The fourth-order valence-corrected chi connectivity index (χ4v) is 2.18. The minimum Gasteiger partial charge on any atom is -0.423 e. The van der Waals surface area contributed by atoms with Crippen LogP contribution in [0.2, 0.25) is 5.02 Å². The van der Waals surface area contributed by atoms with Gasteiger partial charge in [-0.25, -0.2) is 4.79 Å². The predicted octanol–water partition coefficient (Wildman–Crippen LogP) is 5.12. The van der Waals surface area contributed by atoms with E-state index >= 15 is 0 Å². The van der Waals surface area contributed by atoms with Gasteiger partial charge in [-0.3, -0.25) is 4.98 Å². The Morgan fingerprint density at radius 2 is 1.67 bits per heavy atom. The first-order valence-corrected chi connectivity index (χ1v) is 7.75. The van der Waals surface area contributed by atoms with Crippen LogP contribution in [-0.2, 0) is 0 Å². The van der Waals surface area contributed by atoms with Crippen LogP contribution in [0.4, 0.5) is 0 Å². The summed E-state index contributed by atoms with van der Waals surface area (Å²) < 4.78 is 5.34. The second-order valence-corrected chi connectivity index (χ2v) is 5.49. The third kappa shape index (κ3) is 4.31. The lowest BCUT2D eigenvalue weighted by Crippen LogP contribution is -2.08. The highest BCUT2D eigenvalue weighted by atomic mass is 35.5. The van der Waals surface area contributed by atoms with Crippen molar-refractivity contribution >= 4 is 29.7 Å². The Bertz CT molecular complexity index is 841. The summed E-state index contributed by atoms with van der Waals surface area (Å²) in [7, 11) is 0. The van der Waals surface area contributed by atoms with Crippen molar-refractivity contribution in [3.63, 3.8) is 0 Å². The molecule has 0 aliphatic rings. The number of ether oxygens (including phenoxy) is 1. The average Bonchev–Trinajstić information content (AvgIpc) is 2.62. The number of carbonyl (C=O) groups excluding carboxylic acids is 1. The fraction of sp³-hybridized carbons (Fsp3) is 0. The lowest BCUT2D eigenvalue weighted by molar-refractivity contribution is 0.0735. The summed E-state index contributed by atoms with van der Waals surface area (Å²) in [5, 5.41) is 0.579. The number of hydrogen-bond acceptors (Lipinski definition) is 3. The van der Waals surface area contributed by atoms with Crippen molar-refractivity contribution in [2.45, 2.75) is 0 Å². The topological polar surface area (TPSA) is 39.2 Å². The van der Waals surface area contributed by atoms with Crippen LogP contribution < -0.4 is 4.74 Å². The van der Waals surface area contributed by atoms with E-state index in [4.69, 9.17) is 16.3 Å². The van der Waals surface area contributed by atoms with Gasteiger partial charge in [-0.05, 0) is 60.2 Å². The highest BCUT2D eigenvalue weighted by Gasteiger charge is 2.08. The molecule has 0 N–H and O–H groups in total. The summed E-state index contributed by atoms with van der Waals surface area (Å²) in [6, 6.07) is 19.6. The van der Waals surface area contributed by atoms with Crippen molar-refractivity contribution in [1.82, 2.24) is 4.98 Å². The molecule has 0 spiro atoms. The molecule has 118 valence electrons. The maximum absolute atomic E-state index is 12.0. The summed E-state index contributed by atoms with van der Waals surface area (Å²) in [5.41, 5.74) is 2.33. The first-order valence-electron chi connectivity index (χ1n) is 7.38. The second kappa shape index (κ2) is 7.57. The normalized spacial score (nSPS) is 10.7. The second-order valence-electron chi connectivity index (χ2n) is 5.05. The van der Waals surface area contributed by atoms with Crippen LogP contribution in [-0.4, -0.2) is 11.0 Å². The third-order valence-corrected chi connectivity index (χ3v) is 3.56. The Labute approximate surface area is 145 Å². The van der Waals surface area contributed by atoms with Crippen molar-refractivity contribution in [1.29, 1.82) is 0 Å². The van der Waals surface area contributed by atoms with E-state index in [1.807, 2.05) is 42.5 Å². The summed E-state index contributed by atoms with van der Waals surface area (Å²) in [4.78, 5) is 16.3. The molecule has 0 bridgehead atoms. The quantitative estimate of drug-likeness (QED) is 0.490. The number of esters is 1. The smallest absolute Gasteiger partial charge is 0.343 e. The van der Waals surface area contributed by atoms with Gasteiger partial charge in [0.15, 0.2) is 0 Å². The van der Waals surface area contributed by atoms with E-state index in [9.17, 15) is 4.79 Å². The molecule has 1 heterocycles. The van der Waals surface area contributed by atoms with Gasteiger partial charge >= 0.3 is 5.97 Å². The van der Waals surface area contributed by atoms with Gasteiger partial charge in [-0.1, -0.05) is 35.9 Å². The minimum absolute atomic E-state index is 0.413. The van der Waals surface area contributed by atoms with Crippen molar-refractivity contribution < 1.29 is 9.53 Å². The lowest BCUT2D eigenvalue weighted by Gasteiger charge is -2.04. The molecule has 0 fully saturated rings. The third-order valence-electron chi connectivity index (χ3n) is 3.30. The standard InChI is InChI=1S/C20H14ClNO2/c21-17-9-7-16(8-10-17)20(23)24-19-12-5-15(6-13-19)4-11-18-3-1-2-14-22-18/h1-14H/b11-4+. The van der Waals surface area contributed by atoms with Crippen LogP contribution in [0.3, 0.4) is 0 Å². The Kier molecular flexibility index (Phi) is 5.04. The molecule has 3 rings (SSSR count). The van der Waals surface area contributed by atoms with Gasteiger partial charge in [0.25, 0.3) is 0 Å². The van der Waals surface area contributed by atoms with Gasteiger partial charge in [0, 0.05) is 11.2 Å². The van der Waals surface area contributed by atoms with Crippen molar-refractivity contribution in [2.24, 2.45) is 0 Å². The monoisotopic (exact) mass is 335 g/mol. The molecule has 0 amide bonds. The number of benzene rings is 2. The van der Waals surface area contributed by atoms with E-state index < -0.39 is 5.97 Å². The van der Waals surface area contributed by atoms with Crippen LogP contribution in [0.15, 0.2) is 72.9 Å². The van der Waals surface area contributed by atoms with Gasteiger partial charge in [0.1, 0.15) is 5.75 Å². The summed E-state index contributed by atoms with van der Waals surface area (Å²) in [5.74, 6) is 0.0772. The molecule has 0 aliphatic carbocycles. The molecular formula is C20H14ClNO2. The van der Waals surface area contributed by atoms with Gasteiger partial charge in [0.05, 0.1) is 11.3 Å². The number of carbonyl (C=O) groups is 1. The van der Waals surface area contributed by atoms with Crippen LogP contribution in [0.1, 0.15) is 21.6 Å². The Balaban J connectivity index is 1.65. The van der Waals surface area contributed by atoms with E-state index in [0.29, 0.717) is 16.3 Å². The van der Waals surface area contributed by atoms with Gasteiger partial charge in [0.2, 0.25) is 0 Å². The lowest BCUT2D eigenvalue weighted by atomic mass is 10.2. The van der Waals surface area contributed by atoms with Crippen molar-refractivity contribution in [2.75, 3.05) is 0 Å². The van der Waals surface area contributed by atoms with Crippen molar-refractivity contribution in [3.8, 4) is 5.75 Å². The van der Waals surface area contributed by atoms with E-state index in [-0.39, 0.29) is 0 Å². The van der Waals surface area contributed by atoms with E-state index in [2.05, 4.69) is 4.98 Å². The number of nitrogens with zero attached hydrogens (tertiary/aromatic N) is 1. The van der Waals surface area contributed by atoms with E-state index in [0.717, 1.165) is 11.3 Å². The number of halogens is 1. The molecule has 0 saturated carbocycles. The van der Waals surface area contributed by atoms with Crippen LogP contribution in [0.25, 0.3) is 12.2 Å². The fourth-order valence-electron chi connectivity index (χ4n) is 2.06. The summed E-state index contributed by atoms with van der Waals surface area (Å²) >= 11 is 5.80. The zero-order chi connectivity index (χ0) is 16.8. The minimum atomic E-state index is -0.413. The molecular weight excluding hydrogens is 322 g/mol. The molecule has 0 atom stereocenters. The average molecular weight is 336 g/mol. The molecule has 2 aromatic carbocycles.